The van der Waals surface area contributed by atoms with E-state index in [0.717, 1.165) is 5.56 Å². The molecular weight excluding hydrogens is 411 g/mol. The first-order chi connectivity index (χ1) is 13.0. The molecule has 0 fully saturated rings. The molecule has 27 heavy (non-hydrogen) atoms. The van der Waals surface area contributed by atoms with Gasteiger partial charge in [-0.1, -0.05) is 46.9 Å². The van der Waals surface area contributed by atoms with Crippen LogP contribution >= 0.6 is 34.8 Å². The van der Waals surface area contributed by atoms with Crippen LogP contribution in [0.3, 0.4) is 0 Å². The molecule has 3 rings (SSSR count). The zero-order chi connectivity index (χ0) is 19.2. The maximum atomic E-state index is 11.8. The molecule has 0 aliphatic carbocycles. The minimum atomic E-state index is -0.455. The summed E-state index contributed by atoms with van der Waals surface area (Å²) >= 11 is 17.8. The van der Waals surface area contributed by atoms with E-state index in [1.165, 1.54) is 12.3 Å². The molecule has 138 valence electrons. The number of hydrazone groups is 1. The average molecular weight is 424 g/mol. The molecule has 0 aliphatic rings. The molecule has 1 N–H and O–H groups in total. The summed E-state index contributed by atoms with van der Waals surface area (Å²) < 4.78 is 11.0. The Labute approximate surface area is 170 Å². The second-order valence-corrected chi connectivity index (χ2v) is 6.65. The number of carbonyl (C=O) groups is 1. The summed E-state index contributed by atoms with van der Waals surface area (Å²) in [6.45, 7) is -0.261. The molecule has 0 radical (unpaired) electrons. The van der Waals surface area contributed by atoms with Crippen LogP contribution in [0.15, 0.2) is 64.1 Å². The number of hydrogen-bond acceptors (Lipinski definition) is 4. The van der Waals surface area contributed by atoms with E-state index >= 15 is 0 Å². The largest absolute Gasteiger partial charge is 0.482 e. The number of rotatable bonds is 6. The van der Waals surface area contributed by atoms with Crippen molar-refractivity contribution in [1.29, 1.82) is 0 Å². The fraction of sp³-hybridized carbons (Fsp3) is 0.0526. The van der Waals surface area contributed by atoms with Gasteiger partial charge >= 0.3 is 0 Å². The number of furan rings is 1. The molecule has 0 spiro atoms. The molecule has 2 aromatic carbocycles. The lowest BCUT2D eigenvalue weighted by Crippen LogP contribution is -2.24. The molecule has 0 saturated heterocycles. The number of nitrogens with one attached hydrogen (secondary N) is 1. The van der Waals surface area contributed by atoms with Gasteiger partial charge in [0.15, 0.2) is 6.61 Å². The second kappa shape index (κ2) is 8.95. The summed E-state index contributed by atoms with van der Waals surface area (Å²) in [7, 11) is 0. The number of nitrogens with zero attached hydrogens (tertiary/aromatic N) is 1. The molecule has 0 unspecified atom stereocenters. The van der Waals surface area contributed by atoms with Crippen LogP contribution in [0.4, 0.5) is 0 Å². The van der Waals surface area contributed by atoms with Gasteiger partial charge in [0, 0.05) is 21.7 Å². The summed E-state index contributed by atoms with van der Waals surface area (Å²) in [5.74, 6) is 0.984. The zero-order valence-electron chi connectivity index (χ0n) is 13.8. The third-order valence-corrected chi connectivity index (χ3v) is 4.15. The lowest BCUT2D eigenvalue weighted by molar-refractivity contribution is -0.123. The van der Waals surface area contributed by atoms with Crippen molar-refractivity contribution in [2.24, 2.45) is 5.10 Å². The summed E-state index contributed by atoms with van der Waals surface area (Å²) in [5.41, 5.74) is 3.19. The maximum Gasteiger partial charge on any atom is 0.277 e. The smallest absolute Gasteiger partial charge is 0.277 e. The zero-order valence-corrected chi connectivity index (χ0v) is 16.1. The number of carbonyl (C=O) groups excluding carboxylic acids is 1. The molecule has 5 nitrogen and oxygen atoms in total. The van der Waals surface area contributed by atoms with Crippen molar-refractivity contribution in [2.45, 2.75) is 0 Å². The van der Waals surface area contributed by atoms with Crippen LogP contribution in [0.25, 0.3) is 11.3 Å². The molecule has 8 heteroatoms. The van der Waals surface area contributed by atoms with Gasteiger partial charge in [-0.25, -0.2) is 5.43 Å². The van der Waals surface area contributed by atoms with Crippen molar-refractivity contribution < 1.29 is 13.9 Å². The van der Waals surface area contributed by atoms with E-state index < -0.39 is 5.91 Å². The average Bonchev–Trinajstić information content (AvgIpc) is 3.11. The Morgan fingerprint density at radius 3 is 2.70 bits per heavy atom. The highest BCUT2D eigenvalue weighted by Gasteiger charge is 2.07. The third kappa shape index (κ3) is 5.50. The number of hydrogen-bond donors (Lipinski definition) is 1. The van der Waals surface area contributed by atoms with Gasteiger partial charge in [-0.2, -0.15) is 5.10 Å². The quantitative estimate of drug-likeness (QED) is 0.424. The van der Waals surface area contributed by atoms with Crippen LogP contribution < -0.4 is 10.2 Å². The first-order valence-corrected chi connectivity index (χ1v) is 8.90. The van der Waals surface area contributed by atoms with Gasteiger partial charge in [-0.15, -0.1) is 0 Å². The fourth-order valence-corrected chi connectivity index (χ4v) is 2.67. The first kappa shape index (κ1) is 19.3. The Bertz CT molecular complexity index is 986. The van der Waals surface area contributed by atoms with Crippen LogP contribution in [0, 0.1) is 0 Å². The summed E-state index contributed by atoms with van der Waals surface area (Å²) in [6, 6.07) is 15.6. The topological polar surface area (TPSA) is 63.8 Å². The van der Waals surface area contributed by atoms with E-state index in [2.05, 4.69) is 10.5 Å². The van der Waals surface area contributed by atoms with E-state index in [0.29, 0.717) is 32.3 Å². The van der Waals surface area contributed by atoms with E-state index in [4.69, 9.17) is 44.0 Å². The van der Waals surface area contributed by atoms with Crippen LogP contribution in [0.2, 0.25) is 15.1 Å². The highest BCUT2D eigenvalue weighted by Crippen LogP contribution is 2.27. The van der Waals surface area contributed by atoms with E-state index in [1.807, 2.05) is 12.1 Å². The van der Waals surface area contributed by atoms with Crippen molar-refractivity contribution in [2.75, 3.05) is 6.61 Å². The Balaban J connectivity index is 1.53. The van der Waals surface area contributed by atoms with Gasteiger partial charge in [0.25, 0.3) is 5.91 Å². The van der Waals surface area contributed by atoms with Crippen molar-refractivity contribution >= 4 is 46.9 Å². The van der Waals surface area contributed by atoms with Crippen molar-refractivity contribution in [1.82, 2.24) is 5.43 Å². The molecule has 0 atom stereocenters. The summed E-state index contributed by atoms with van der Waals surface area (Å²) in [4.78, 5) is 11.8. The summed E-state index contributed by atoms with van der Waals surface area (Å²) in [6.07, 6.45) is 1.39. The van der Waals surface area contributed by atoms with Gasteiger partial charge in [0.05, 0.1) is 11.2 Å². The predicted molar refractivity (Wildman–Crippen MR) is 107 cm³/mol. The number of halogens is 3. The fourth-order valence-electron chi connectivity index (χ4n) is 2.15. The molecular formula is C19H13Cl3N2O3. The van der Waals surface area contributed by atoms with Crippen LogP contribution in [0.1, 0.15) is 5.76 Å². The monoisotopic (exact) mass is 422 g/mol. The van der Waals surface area contributed by atoms with Crippen molar-refractivity contribution in [3.8, 4) is 17.1 Å². The highest BCUT2D eigenvalue weighted by molar-refractivity contribution is 6.34. The normalized spacial score (nSPS) is 10.9. The van der Waals surface area contributed by atoms with Gasteiger partial charge in [-0.05, 0) is 36.4 Å². The van der Waals surface area contributed by atoms with Gasteiger partial charge in [0.2, 0.25) is 0 Å². The van der Waals surface area contributed by atoms with Crippen molar-refractivity contribution in [3.63, 3.8) is 0 Å². The van der Waals surface area contributed by atoms with Crippen LogP contribution in [-0.2, 0) is 4.79 Å². The molecule has 3 aromatic rings. The van der Waals surface area contributed by atoms with Gasteiger partial charge in [-0.3, -0.25) is 4.79 Å². The minimum absolute atomic E-state index is 0.261. The molecule has 0 aliphatic heterocycles. The minimum Gasteiger partial charge on any atom is -0.482 e. The standard InChI is InChI=1S/C19H13Cl3N2O3/c20-13-3-1-2-12(8-13)17-7-5-15(27-17)10-23-24-19(25)11-26-18-9-14(21)4-6-16(18)22/h1-10H,11H2,(H,24,25)/b23-10-. The van der Waals surface area contributed by atoms with E-state index in [-0.39, 0.29) is 6.61 Å². The SMILES string of the molecule is O=C(COc1cc(Cl)ccc1Cl)N/N=C\c1ccc(-c2cccc(Cl)c2)o1. The van der Waals surface area contributed by atoms with Gasteiger partial charge in [0.1, 0.15) is 17.3 Å². The summed E-state index contributed by atoms with van der Waals surface area (Å²) in [5, 5.41) is 5.27. The highest BCUT2D eigenvalue weighted by atomic mass is 35.5. The van der Waals surface area contributed by atoms with E-state index in [9.17, 15) is 4.79 Å². The Hall–Kier alpha value is -2.47. The molecule has 1 heterocycles. The second-order valence-electron chi connectivity index (χ2n) is 5.37. The lowest BCUT2D eigenvalue weighted by Gasteiger charge is -2.07. The van der Waals surface area contributed by atoms with Crippen LogP contribution in [-0.4, -0.2) is 18.7 Å². The number of benzene rings is 2. The molecule has 0 saturated carbocycles. The van der Waals surface area contributed by atoms with Gasteiger partial charge < -0.3 is 9.15 Å². The third-order valence-electron chi connectivity index (χ3n) is 3.37. The number of ether oxygens (including phenoxy) is 1. The molecule has 1 aromatic heterocycles. The molecule has 1 amide bonds. The first-order valence-electron chi connectivity index (χ1n) is 7.77. The Kier molecular flexibility index (Phi) is 6.40. The Morgan fingerprint density at radius 1 is 1.07 bits per heavy atom. The predicted octanol–water partition coefficient (Wildman–Crippen LogP) is 5.44. The maximum absolute atomic E-state index is 11.8. The van der Waals surface area contributed by atoms with Crippen LogP contribution in [0.5, 0.6) is 5.75 Å². The number of amides is 1. The molecule has 0 bridgehead atoms. The Morgan fingerprint density at radius 2 is 1.89 bits per heavy atom. The van der Waals surface area contributed by atoms with E-state index in [1.54, 1.807) is 36.4 Å². The van der Waals surface area contributed by atoms with Crippen molar-refractivity contribution in [3.05, 3.63) is 75.4 Å². The lowest BCUT2D eigenvalue weighted by atomic mass is 10.2.